The van der Waals surface area contributed by atoms with Crippen LogP contribution in [0.4, 0.5) is 5.69 Å². The topological polar surface area (TPSA) is 99.0 Å². The highest BCUT2D eigenvalue weighted by Gasteiger charge is 2.34. The van der Waals surface area contributed by atoms with Gasteiger partial charge in [-0.3, -0.25) is 4.79 Å². The molecule has 1 fully saturated rings. The highest BCUT2D eigenvalue weighted by Crippen LogP contribution is 2.36. The van der Waals surface area contributed by atoms with E-state index in [0.29, 0.717) is 34.2 Å². The van der Waals surface area contributed by atoms with Gasteiger partial charge in [-0.1, -0.05) is 51.1 Å². The summed E-state index contributed by atoms with van der Waals surface area (Å²) in [7, 11) is 1.71. The molecule has 1 aliphatic rings. The Bertz CT molecular complexity index is 885. The van der Waals surface area contributed by atoms with Crippen LogP contribution < -0.4 is 5.32 Å². The third-order valence-corrected chi connectivity index (χ3v) is 6.57. The first-order chi connectivity index (χ1) is 14.3. The van der Waals surface area contributed by atoms with Gasteiger partial charge >= 0.3 is 5.97 Å². The van der Waals surface area contributed by atoms with Crippen molar-refractivity contribution in [2.24, 2.45) is 24.8 Å². The maximum absolute atomic E-state index is 13.0. The second-order valence-corrected chi connectivity index (χ2v) is 9.18. The molecule has 3 unspecified atom stereocenters. The van der Waals surface area contributed by atoms with Crippen LogP contribution in [0.15, 0.2) is 29.4 Å². The summed E-state index contributed by atoms with van der Waals surface area (Å²) in [5, 5.41) is 14.5. The molecule has 1 aromatic heterocycles. The van der Waals surface area contributed by atoms with Crippen molar-refractivity contribution < 1.29 is 14.3 Å². The normalized spacial score (nSPS) is 21.4. The zero-order chi connectivity index (χ0) is 21.7. The third-order valence-electron chi connectivity index (χ3n) is 5.55. The molecule has 2 aromatic rings. The Balaban J connectivity index is 1.65. The van der Waals surface area contributed by atoms with Crippen molar-refractivity contribution in [3.63, 3.8) is 0 Å². The van der Waals surface area contributed by atoms with Gasteiger partial charge in [0.15, 0.2) is 0 Å². The number of hydrogen-bond acceptors (Lipinski definition) is 7. The van der Waals surface area contributed by atoms with Crippen LogP contribution in [0.5, 0.6) is 0 Å². The average Bonchev–Trinajstić information content (AvgIpc) is 3.11. The largest absolute Gasteiger partial charge is 0.458 e. The number of benzene rings is 1. The van der Waals surface area contributed by atoms with E-state index in [4.69, 9.17) is 4.74 Å². The van der Waals surface area contributed by atoms with Crippen LogP contribution in [-0.2, 0) is 16.6 Å². The first kappa shape index (κ1) is 22.3. The number of para-hydroxylation sites is 1. The van der Waals surface area contributed by atoms with Crippen molar-refractivity contribution >= 4 is 29.3 Å². The average molecular weight is 432 g/mol. The van der Waals surface area contributed by atoms with E-state index in [0.717, 1.165) is 12.8 Å². The smallest absolute Gasteiger partial charge is 0.340 e. The summed E-state index contributed by atoms with van der Waals surface area (Å²) >= 11 is 1.23. The highest BCUT2D eigenvalue weighted by atomic mass is 32.2. The van der Waals surface area contributed by atoms with Gasteiger partial charge in [0, 0.05) is 7.05 Å². The van der Waals surface area contributed by atoms with Crippen molar-refractivity contribution in [1.29, 1.82) is 0 Å². The van der Waals surface area contributed by atoms with Crippen LogP contribution in [-0.4, -0.2) is 43.9 Å². The summed E-state index contributed by atoms with van der Waals surface area (Å²) in [5.41, 5.74) is 0.825. The van der Waals surface area contributed by atoms with E-state index < -0.39 is 0 Å². The van der Waals surface area contributed by atoms with Crippen molar-refractivity contribution in [2.75, 3.05) is 11.1 Å². The number of nitrogens with zero attached hydrogens (tertiary/aromatic N) is 4. The number of aromatic nitrogens is 4. The summed E-state index contributed by atoms with van der Waals surface area (Å²) in [6, 6.07) is 6.96. The second kappa shape index (κ2) is 10.1. The molecule has 8 nitrogen and oxygen atoms in total. The van der Waals surface area contributed by atoms with E-state index in [2.05, 4.69) is 41.6 Å². The van der Waals surface area contributed by atoms with Crippen molar-refractivity contribution in [3.8, 4) is 0 Å². The number of aryl methyl sites for hydroxylation is 1. The lowest BCUT2D eigenvalue weighted by atomic mass is 9.75. The molecule has 0 saturated heterocycles. The molecule has 1 amide bonds. The molecular formula is C21H29N5O3S. The molecule has 30 heavy (non-hydrogen) atoms. The van der Waals surface area contributed by atoms with Gasteiger partial charge in [-0.2, -0.15) is 0 Å². The summed E-state index contributed by atoms with van der Waals surface area (Å²) in [4.78, 5) is 25.4. The maximum Gasteiger partial charge on any atom is 0.340 e. The van der Waals surface area contributed by atoms with Gasteiger partial charge in [0.25, 0.3) is 0 Å². The summed E-state index contributed by atoms with van der Waals surface area (Å²) < 4.78 is 7.45. The number of ether oxygens (including phenoxy) is 1. The van der Waals surface area contributed by atoms with Crippen LogP contribution in [0.25, 0.3) is 0 Å². The maximum atomic E-state index is 13.0. The van der Waals surface area contributed by atoms with Crippen molar-refractivity contribution in [2.45, 2.75) is 51.3 Å². The Morgan fingerprint density at radius 3 is 2.77 bits per heavy atom. The van der Waals surface area contributed by atoms with Gasteiger partial charge in [-0.25, -0.2) is 9.48 Å². The molecule has 0 aliphatic heterocycles. The monoisotopic (exact) mass is 431 g/mol. The van der Waals surface area contributed by atoms with Crippen LogP contribution in [0.2, 0.25) is 0 Å². The third kappa shape index (κ3) is 5.59. The lowest BCUT2D eigenvalue weighted by Crippen LogP contribution is -2.36. The molecule has 3 atom stereocenters. The molecule has 1 heterocycles. The Morgan fingerprint density at radius 2 is 2.07 bits per heavy atom. The van der Waals surface area contributed by atoms with Crippen molar-refractivity contribution in [1.82, 2.24) is 20.2 Å². The van der Waals surface area contributed by atoms with Crippen LogP contribution in [0.3, 0.4) is 0 Å². The van der Waals surface area contributed by atoms with Gasteiger partial charge in [0.2, 0.25) is 11.1 Å². The number of rotatable bonds is 7. The van der Waals surface area contributed by atoms with Gasteiger partial charge < -0.3 is 10.1 Å². The first-order valence-corrected chi connectivity index (χ1v) is 11.3. The predicted octanol–water partition coefficient (Wildman–Crippen LogP) is 3.56. The van der Waals surface area contributed by atoms with Gasteiger partial charge in [0.05, 0.1) is 17.0 Å². The lowest BCUT2D eigenvalue weighted by Gasteiger charge is -2.36. The SMILES string of the molecule is CC1CCC(C(C)C)C(OC(=O)c2ccccc2NC(=O)CSc2nnnn2C)C1. The van der Waals surface area contributed by atoms with Crippen molar-refractivity contribution in [3.05, 3.63) is 29.8 Å². The molecule has 3 rings (SSSR count). The Kier molecular flexibility index (Phi) is 7.47. The molecule has 9 heteroatoms. The molecule has 162 valence electrons. The quantitative estimate of drug-likeness (QED) is 0.528. The fourth-order valence-electron chi connectivity index (χ4n) is 3.88. The highest BCUT2D eigenvalue weighted by molar-refractivity contribution is 7.99. The number of nitrogens with one attached hydrogen (secondary N) is 1. The summed E-state index contributed by atoms with van der Waals surface area (Å²) in [6.45, 7) is 6.57. The molecule has 1 N–H and O–H groups in total. The second-order valence-electron chi connectivity index (χ2n) is 8.24. The molecule has 1 aliphatic carbocycles. The minimum atomic E-state index is -0.388. The first-order valence-electron chi connectivity index (χ1n) is 10.3. The number of hydrogen-bond donors (Lipinski definition) is 1. The van der Waals surface area contributed by atoms with Crippen LogP contribution in [0, 0.1) is 17.8 Å². The minimum Gasteiger partial charge on any atom is -0.458 e. The van der Waals surface area contributed by atoms with E-state index in [-0.39, 0.29) is 23.7 Å². The molecule has 0 bridgehead atoms. The van der Waals surface area contributed by atoms with E-state index in [1.807, 2.05) is 0 Å². The Labute approximate surface area is 181 Å². The minimum absolute atomic E-state index is 0.0935. The van der Waals surface area contributed by atoms with E-state index in [9.17, 15) is 9.59 Å². The number of esters is 1. The lowest BCUT2D eigenvalue weighted by molar-refractivity contribution is -0.113. The van der Waals surface area contributed by atoms with Gasteiger partial charge in [-0.15, -0.1) is 5.10 Å². The van der Waals surface area contributed by atoms with E-state index >= 15 is 0 Å². The summed E-state index contributed by atoms with van der Waals surface area (Å²) in [5.74, 6) is 0.864. The Hall–Kier alpha value is -2.42. The molecular weight excluding hydrogens is 402 g/mol. The fourth-order valence-corrected chi connectivity index (χ4v) is 4.53. The van der Waals surface area contributed by atoms with E-state index in [1.54, 1.807) is 31.3 Å². The standard InChI is InChI=1S/C21H29N5O3S/c1-13(2)15-10-9-14(3)11-18(15)29-20(28)16-7-5-6-8-17(16)22-19(27)12-30-21-23-24-25-26(21)4/h5-8,13-15,18H,9-12H2,1-4H3,(H,22,27). The van der Waals surface area contributed by atoms with E-state index in [1.165, 1.54) is 22.9 Å². The van der Waals surface area contributed by atoms with Crippen LogP contribution >= 0.6 is 11.8 Å². The molecule has 1 aromatic carbocycles. The molecule has 0 spiro atoms. The number of carbonyl (C=O) groups excluding carboxylic acids is 2. The number of tetrazole rings is 1. The number of thioether (sulfide) groups is 1. The molecule has 0 radical (unpaired) electrons. The predicted molar refractivity (Wildman–Crippen MR) is 115 cm³/mol. The zero-order valence-electron chi connectivity index (χ0n) is 17.9. The number of anilines is 1. The summed E-state index contributed by atoms with van der Waals surface area (Å²) in [6.07, 6.45) is 3.03. The van der Waals surface area contributed by atoms with Gasteiger partial charge in [-0.05, 0) is 53.2 Å². The molecule has 1 saturated carbocycles. The van der Waals surface area contributed by atoms with Gasteiger partial charge in [0.1, 0.15) is 6.10 Å². The fraction of sp³-hybridized carbons (Fsp3) is 0.571. The number of amides is 1. The zero-order valence-corrected chi connectivity index (χ0v) is 18.7. The number of carbonyl (C=O) groups is 2. The van der Waals surface area contributed by atoms with Crippen LogP contribution in [0.1, 0.15) is 50.4 Å². The Morgan fingerprint density at radius 1 is 1.30 bits per heavy atom.